The fraction of sp³-hybridized carbons (Fsp3) is 0.649. The van der Waals surface area contributed by atoms with Crippen molar-refractivity contribution in [3.8, 4) is 5.75 Å². The van der Waals surface area contributed by atoms with E-state index in [0.717, 1.165) is 12.8 Å². The smallest absolute Gasteiger partial charge is 0.248 e. The highest BCUT2D eigenvalue weighted by Crippen LogP contribution is 2.66. The van der Waals surface area contributed by atoms with Crippen LogP contribution in [0.4, 0.5) is 5.69 Å². The minimum absolute atomic E-state index is 0.0825. The molecule has 0 aliphatic carbocycles. The van der Waals surface area contributed by atoms with Gasteiger partial charge >= 0.3 is 0 Å². The largest absolute Gasteiger partial charge is 0.494 e. The Balaban J connectivity index is 1.87. The number of hydrogen-bond acceptors (Lipinski definition) is 6. The lowest BCUT2D eigenvalue weighted by molar-refractivity contribution is -0.158. The number of carbonyl (C=O) groups excluding carboxylic acids is 3. The molecule has 3 fully saturated rings. The van der Waals surface area contributed by atoms with Crippen LogP contribution in [0.15, 0.2) is 49.6 Å². The highest BCUT2D eigenvalue weighted by atomic mass is 16.5. The van der Waals surface area contributed by atoms with Crippen LogP contribution in [0.3, 0.4) is 0 Å². The van der Waals surface area contributed by atoms with E-state index in [9.17, 15) is 19.5 Å². The average Bonchev–Trinajstić information content (AvgIpc) is 3.55. The first-order valence-electron chi connectivity index (χ1n) is 17.1. The maximum absolute atomic E-state index is 14.9. The first-order valence-corrected chi connectivity index (χ1v) is 17.1. The van der Waals surface area contributed by atoms with E-state index >= 15 is 0 Å². The van der Waals surface area contributed by atoms with Gasteiger partial charge in [-0.05, 0) is 69.7 Å². The standard InChI is InChI=1S/C37H55N3O6/c1-10-15-26(8)38(20-11-2)35(44)32-37-22-25(7)36(9,46-37)30(31(37)34(43)40(32)29(23-41)24(6)13-4)33(42)39(21-12-3)27-16-18-28(19-17-27)45-14-5/h11-12,16-19,24-26,29-32,41H,2-3,10,13-15,20-23H2,1,4-9H3/t24-,25?,26?,29-,30-,31-,32?,36+,37?/m0/s1. The van der Waals surface area contributed by atoms with E-state index in [1.165, 1.54) is 0 Å². The number of amides is 3. The zero-order valence-corrected chi connectivity index (χ0v) is 28.9. The summed E-state index contributed by atoms with van der Waals surface area (Å²) in [5.74, 6) is -1.95. The Morgan fingerprint density at radius 3 is 2.33 bits per heavy atom. The quantitative estimate of drug-likeness (QED) is 0.250. The average molecular weight is 638 g/mol. The number of anilines is 1. The van der Waals surface area contributed by atoms with E-state index in [4.69, 9.17) is 9.47 Å². The van der Waals surface area contributed by atoms with Gasteiger partial charge in [0.2, 0.25) is 17.7 Å². The number of rotatable bonds is 16. The highest BCUT2D eigenvalue weighted by molar-refractivity contribution is 6.03. The lowest BCUT2D eigenvalue weighted by Gasteiger charge is -2.42. The molecule has 9 nitrogen and oxygen atoms in total. The Bertz CT molecular complexity index is 1280. The van der Waals surface area contributed by atoms with Crippen LogP contribution in [-0.2, 0) is 19.1 Å². The summed E-state index contributed by atoms with van der Waals surface area (Å²) in [6, 6.07) is 5.66. The van der Waals surface area contributed by atoms with Crippen LogP contribution >= 0.6 is 0 Å². The summed E-state index contributed by atoms with van der Waals surface area (Å²) in [5.41, 5.74) is -1.53. The highest BCUT2D eigenvalue weighted by Gasteiger charge is 2.80. The molecule has 1 aromatic carbocycles. The van der Waals surface area contributed by atoms with E-state index in [-0.39, 0.29) is 48.8 Å². The van der Waals surface area contributed by atoms with Crippen LogP contribution in [0.5, 0.6) is 5.75 Å². The molecule has 3 aliphatic heterocycles. The molecule has 254 valence electrons. The van der Waals surface area contributed by atoms with Crippen molar-refractivity contribution in [3.05, 3.63) is 49.6 Å². The molecule has 0 saturated carbocycles. The first kappa shape index (κ1) is 35.7. The van der Waals surface area contributed by atoms with Crippen LogP contribution in [0.2, 0.25) is 0 Å². The van der Waals surface area contributed by atoms with Gasteiger partial charge in [-0.3, -0.25) is 14.4 Å². The fourth-order valence-electron chi connectivity index (χ4n) is 8.37. The zero-order valence-electron chi connectivity index (χ0n) is 28.9. The van der Waals surface area contributed by atoms with Gasteiger partial charge < -0.3 is 29.3 Å². The van der Waals surface area contributed by atoms with Crippen LogP contribution in [0.1, 0.15) is 74.1 Å². The van der Waals surface area contributed by atoms with Crippen molar-refractivity contribution in [2.24, 2.45) is 23.7 Å². The maximum Gasteiger partial charge on any atom is 0.248 e. The molecule has 3 heterocycles. The van der Waals surface area contributed by atoms with Gasteiger partial charge in [0.1, 0.15) is 17.4 Å². The molecular weight excluding hydrogens is 582 g/mol. The van der Waals surface area contributed by atoms with E-state index in [0.29, 0.717) is 37.4 Å². The van der Waals surface area contributed by atoms with E-state index in [2.05, 4.69) is 20.1 Å². The third kappa shape index (κ3) is 5.78. The Morgan fingerprint density at radius 1 is 1.13 bits per heavy atom. The molecule has 3 saturated heterocycles. The number of likely N-dealkylation sites (tertiary alicyclic amines) is 1. The van der Waals surface area contributed by atoms with Gasteiger partial charge in [-0.15, -0.1) is 13.2 Å². The van der Waals surface area contributed by atoms with Crippen molar-refractivity contribution in [2.75, 3.05) is 31.2 Å². The van der Waals surface area contributed by atoms with Crippen molar-refractivity contribution in [2.45, 2.75) is 103 Å². The van der Waals surface area contributed by atoms with Crippen molar-refractivity contribution >= 4 is 23.4 Å². The van der Waals surface area contributed by atoms with Gasteiger partial charge in [0, 0.05) is 24.8 Å². The third-order valence-electron chi connectivity index (χ3n) is 11.0. The van der Waals surface area contributed by atoms with Crippen LogP contribution < -0.4 is 9.64 Å². The van der Waals surface area contributed by atoms with Gasteiger partial charge in [0.15, 0.2) is 0 Å². The lowest BCUT2D eigenvalue weighted by Crippen LogP contribution is -2.61. The number of aliphatic hydroxyl groups excluding tert-OH is 1. The number of ether oxygens (including phenoxy) is 2. The van der Waals surface area contributed by atoms with Gasteiger partial charge in [0.25, 0.3) is 0 Å². The monoisotopic (exact) mass is 637 g/mol. The number of nitrogens with zero attached hydrogens (tertiary/aromatic N) is 3. The number of carbonyl (C=O) groups is 3. The van der Waals surface area contributed by atoms with Crippen molar-refractivity contribution in [3.63, 3.8) is 0 Å². The van der Waals surface area contributed by atoms with Gasteiger partial charge in [-0.2, -0.15) is 0 Å². The maximum atomic E-state index is 14.9. The predicted octanol–water partition coefficient (Wildman–Crippen LogP) is 5.23. The molecule has 0 radical (unpaired) electrons. The molecule has 46 heavy (non-hydrogen) atoms. The number of fused-ring (bicyclic) bond motifs is 1. The summed E-state index contributed by atoms with van der Waals surface area (Å²) in [7, 11) is 0. The molecule has 9 heteroatoms. The summed E-state index contributed by atoms with van der Waals surface area (Å²) in [6.07, 6.45) is 6.24. The Morgan fingerprint density at radius 2 is 1.78 bits per heavy atom. The third-order valence-corrected chi connectivity index (χ3v) is 11.0. The lowest BCUT2D eigenvalue weighted by atomic mass is 9.62. The van der Waals surface area contributed by atoms with Crippen LogP contribution in [0.25, 0.3) is 0 Å². The Kier molecular flexibility index (Phi) is 11.1. The SMILES string of the molecule is C=CCN(C(=O)[C@@H]1[C@H]2C(=O)N([C@@H](CO)[C@@H](C)CC)C(C(=O)N(CC=C)C(C)CCC)C23CC(C)[C@@]1(C)O3)c1ccc(OCC)cc1. The topological polar surface area (TPSA) is 99.6 Å². The summed E-state index contributed by atoms with van der Waals surface area (Å²) in [6.45, 7) is 22.6. The molecule has 3 aliphatic rings. The number of benzene rings is 1. The minimum atomic E-state index is -1.21. The second kappa shape index (κ2) is 14.3. The van der Waals surface area contributed by atoms with E-state index < -0.39 is 35.1 Å². The molecule has 1 spiro atoms. The van der Waals surface area contributed by atoms with E-state index in [1.807, 2.05) is 65.8 Å². The predicted molar refractivity (Wildman–Crippen MR) is 180 cm³/mol. The second-order valence-corrected chi connectivity index (χ2v) is 13.7. The molecular formula is C37H55N3O6. The van der Waals surface area contributed by atoms with Crippen LogP contribution in [-0.4, -0.2) is 88.3 Å². The first-order chi connectivity index (χ1) is 21.9. The molecule has 0 aromatic heterocycles. The minimum Gasteiger partial charge on any atom is -0.494 e. The molecule has 2 bridgehead atoms. The normalized spacial score (nSPS) is 30.0. The summed E-state index contributed by atoms with van der Waals surface area (Å²) in [4.78, 5) is 49.7. The van der Waals surface area contributed by atoms with E-state index in [1.54, 1.807) is 26.9 Å². The van der Waals surface area contributed by atoms with Crippen molar-refractivity contribution < 1.29 is 29.0 Å². The van der Waals surface area contributed by atoms with Gasteiger partial charge in [0.05, 0.1) is 36.7 Å². The summed E-state index contributed by atoms with van der Waals surface area (Å²) >= 11 is 0. The Labute approximate surface area is 275 Å². The van der Waals surface area contributed by atoms with Gasteiger partial charge in [-0.1, -0.05) is 52.7 Å². The molecule has 9 atom stereocenters. The van der Waals surface area contributed by atoms with Crippen LogP contribution in [0, 0.1) is 23.7 Å². The summed E-state index contributed by atoms with van der Waals surface area (Å²) in [5, 5.41) is 10.7. The van der Waals surface area contributed by atoms with Crippen molar-refractivity contribution in [1.82, 2.24) is 9.80 Å². The fourth-order valence-corrected chi connectivity index (χ4v) is 8.37. The zero-order chi connectivity index (χ0) is 34.0. The molecule has 1 N–H and O–H groups in total. The Hall–Kier alpha value is -3.17. The molecule has 1 aromatic rings. The second-order valence-electron chi connectivity index (χ2n) is 13.7. The summed E-state index contributed by atoms with van der Waals surface area (Å²) < 4.78 is 12.7. The molecule has 4 rings (SSSR count). The number of hydrogen-bond donors (Lipinski definition) is 1. The molecule has 4 unspecified atom stereocenters. The molecule has 3 amide bonds. The van der Waals surface area contributed by atoms with Crippen molar-refractivity contribution in [1.29, 1.82) is 0 Å². The number of aliphatic hydroxyl groups is 1. The van der Waals surface area contributed by atoms with Gasteiger partial charge in [-0.25, -0.2) is 0 Å².